The van der Waals surface area contributed by atoms with Crippen LogP contribution in [0.2, 0.25) is 0 Å². The molecule has 7 nitrogen and oxygen atoms in total. The van der Waals surface area contributed by atoms with Crippen LogP contribution in [0.3, 0.4) is 0 Å². The van der Waals surface area contributed by atoms with Crippen LogP contribution in [0.25, 0.3) is 11.1 Å². The van der Waals surface area contributed by atoms with Gasteiger partial charge in [0.05, 0.1) is 10.4 Å². The average Bonchev–Trinajstić information content (AvgIpc) is 2.78. The van der Waals surface area contributed by atoms with Crippen molar-refractivity contribution in [3.63, 3.8) is 0 Å². The van der Waals surface area contributed by atoms with Crippen molar-refractivity contribution in [3.8, 4) is 0 Å². The molecule has 2 N–H and O–H groups in total. The van der Waals surface area contributed by atoms with Gasteiger partial charge in [-0.05, 0) is 24.5 Å². The summed E-state index contributed by atoms with van der Waals surface area (Å²) in [6, 6.07) is 4.37. The van der Waals surface area contributed by atoms with Gasteiger partial charge in [-0.15, -0.1) is 12.4 Å². The number of rotatable bonds is 6. The van der Waals surface area contributed by atoms with E-state index >= 15 is 0 Å². The molecule has 1 atom stereocenters. The van der Waals surface area contributed by atoms with Crippen LogP contribution in [-0.2, 0) is 17.1 Å². The number of oxazole rings is 1. The van der Waals surface area contributed by atoms with Gasteiger partial charge >= 0.3 is 5.76 Å². The largest absolute Gasteiger partial charge is 0.419 e. The second-order valence-corrected chi connectivity index (χ2v) is 8.12. The van der Waals surface area contributed by atoms with Gasteiger partial charge in [0.1, 0.15) is 0 Å². The highest BCUT2D eigenvalue weighted by molar-refractivity contribution is 7.89. The van der Waals surface area contributed by atoms with Crippen LogP contribution in [-0.4, -0.2) is 36.9 Å². The van der Waals surface area contributed by atoms with Crippen molar-refractivity contribution in [2.45, 2.75) is 31.2 Å². The Morgan fingerprint density at radius 1 is 1.33 bits per heavy atom. The lowest BCUT2D eigenvalue weighted by Crippen LogP contribution is -2.34. The molecule has 9 heteroatoms. The van der Waals surface area contributed by atoms with Crippen molar-refractivity contribution >= 4 is 33.5 Å². The Morgan fingerprint density at radius 3 is 2.54 bits per heavy atom. The first-order valence-corrected chi connectivity index (χ1v) is 8.90. The van der Waals surface area contributed by atoms with Crippen molar-refractivity contribution in [2.24, 2.45) is 18.7 Å². The summed E-state index contributed by atoms with van der Waals surface area (Å²) < 4.78 is 32.9. The quantitative estimate of drug-likeness (QED) is 0.823. The van der Waals surface area contributed by atoms with E-state index in [4.69, 9.17) is 10.2 Å². The van der Waals surface area contributed by atoms with Crippen molar-refractivity contribution in [2.75, 3.05) is 13.6 Å². The third-order valence-corrected chi connectivity index (χ3v) is 5.96. The van der Waals surface area contributed by atoms with Crippen molar-refractivity contribution < 1.29 is 12.8 Å². The number of sulfonamides is 1. The van der Waals surface area contributed by atoms with Crippen molar-refractivity contribution in [3.05, 3.63) is 28.7 Å². The highest BCUT2D eigenvalue weighted by Crippen LogP contribution is 2.21. The summed E-state index contributed by atoms with van der Waals surface area (Å²) in [5, 5.41) is 0. The lowest BCUT2D eigenvalue weighted by molar-refractivity contribution is 0.397. The van der Waals surface area contributed by atoms with Crippen molar-refractivity contribution in [1.82, 2.24) is 8.87 Å². The molecular weight excluding hydrogens is 354 g/mol. The van der Waals surface area contributed by atoms with E-state index < -0.39 is 15.8 Å². The summed E-state index contributed by atoms with van der Waals surface area (Å²) >= 11 is 0. The summed E-state index contributed by atoms with van der Waals surface area (Å²) in [5.41, 5.74) is 6.78. The molecule has 0 aliphatic rings. The van der Waals surface area contributed by atoms with Crippen LogP contribution in [0, 0.1) is 5.92 Å². The minimum Gasteiger partial charge on any atom is -0.408 e. The van der Waals surface area contributed by atoms with Crippen molar-refractivity contribution in [1.29, 1.82) is 0 Å². The molecule has 1 aromatic heterocycles. The Hall–Kier alpha value is -1.35. The fourth-order valence-electron chi connectivity index (χ4n) is 2.24. The molecule has 24 heavy (non-hydrogen) atoms. The predicted octanol–water partition coefficient (Wildman–Crippen LogP) is 1.55. The number of hydrogen-bond donors (Lipinski definition) is 1. The molecule has 1 heterocycles. The molecule has 2 rings (SSSR count). The zero-order chi connectivity index (χ0) is 17.4. The molecule has 0 amide bonds. The van der Waals surface area contributed by atoms with Crippen LogP contribution in [0.15, 0.2) is 32.3 Å². The second kappa shape index (κ2) is 7.69. The maximum Gasteiger partial charge on any atom is 0.419 e. The molecule has 0 saturated carbocycles. The van der Waals surface area contributed by atoms with Crippen LogP contribution in [0.4, 0.5) is 0 Å². The zero-order valence-corrected chi connectivity index (χ0v) is 15.9. The first-order valence-electron chi connectivity index (χ1n) is 7.46. The lowest BCUT2D eigenvalue weighted by Gasteiger charge is -2.21. The lowest BCUT2D eigenvalue weighted by atomic mass is 10.0. The van der Waals surface area contributed by atoms with Crippen LogP contribution >= 0.6 is 12.4 Å². The molecule has 0 radical (unpaired) electrons. The van der Waals surface area contributed by atoms with E-state index in [1.807, 2.05) is 13.8 Å². The summed E-state index contributed by atoms with van der Waals surface area (Å²) in [5.74, 6) is -0.230. The molecule has 1 unspecified atom stereocenters. The molecular formula is C15H24ClN3O4S. The SMILES string of the molecule is CC(C)C(N)CCN(C)S(=O)(=O)c1ccc2c(c1)oc(=O)n2C.Cl. The van der Waals surface area contributed by atoms with E-state index in [-0.39, 0.29) is 28.9 Å². The van der Waals surface area contributed by atoms with Gasteiger partial charge in [0.2, 0.25) is 10.0 Å². The molecule has 136 valence electrons. The number of halogens is 1. The maximum absolute atomic E-state index is 12.6. The number of nitrogens with two attached hydrogens (primary N) is 1. The fraction of sp³-hybridized carbons (Fsp3) is 0.533. The first kappa shape index (κ1) is 20.7. The van der Waals surface area contributed by atoms with Gasteiger partial charge in [-0.25, -0.2) is 17.5 Å². The number of benzene rings is 1. The average molecular weight is 378 g/mol. The highest BCUT2D eigenvalue weighted by Gasteiger charge is 2.23. The van der Waals surface area contributed by atoms with E-state index in [1.54, 1.807) is 13.1 Å². The van der Waals surface area contributed by atoms with Crippen LogP contribution < -0.4 is 11.5 Å². The predicted molar refractivity (Wildman–Crippen MR) is 95.9 cm³/mol. The number of hydrogen-bond acceptors (Lipinski definition) is 5. The number of nitrogens with zero attached hydrogens (tertiary/aromatic N) is 2. The van der Waals surface area contributed by atoms with E-state index in [2.05, 4.69) is 0 Å². The first-order chi connectivity index (χ1) is 10.6. The Balaban J connectivity index is 0.00000288. The normalized spacial score (nSPS) is 13.5. The van der Waals surface area contributed by atoms with Gasteiger partial charge in [-0.2, -0.15) is 0 Å². The molecule has 0 bridgehead atoms. The van der Waals surface area contributed by atoms with Crippen LogP contribution in [0.1, 0.15) is 20.3 Å². The molecule has 0 fully saturated rings. The van der Waals surface area contributed by atoms with Gasteiger partial charge in [-0.1, -0.05) is 13.8 Å². The number of fused-ring (bicyclic) bond motifs is 1. The third-order valence-electron chi connectivity index (χ3n) is 4.11. The van der Waals surface area contributed by atoms with Gasteiger partial charge in [0.15, 0.2) is 5.58 Å². The Kier molecular flexibility index (Phi) is 6.63. The second-order valence-electron chi connectivity index (χ2n) is 6.08. The Bertz CT molecular complexity index is 857. The van der Waals surface area contributed by atoms with E-state index in [1.165, 1.54) is 28.1 Å². The van der Waals surface area contributed by atoms with E-state index in [0.717, 1.165) is 0 Å². The van der Waals surface area contributed by atoms with Gasteiger partial charge in [-0.3, -0.25) is 4.57 Å². The molecule has 0 saturated heterocycles. The van der Waals surface area contributed by atoms with Gasteiger partial charge < -0.3 is 10.2 Å². The molecule has 2 aromatic rings. The van der Waals surface area contributed by atoms with E-state index in [9.17, 15) is 13.2 Å². The van der Waals surface area contributed by atoms with Gasteiger partial charge in [0.25, 0.3) is 0 Å². The summed E-state index contributed by atoms with van der Waals surface area (Å²) in [7, 11) is -0.556. The molecule has 1 aromatic carbocycles. The zero-order valence-electron chi connectivity index (χ0n) is 14.2. The summed E-state index contributed by atoms with van der Waals surface area (Å²) in [6.45, 7) is 4.34. The topological polar surface area (TPSA) is 98.5 Å². The molecule has 0 spiro atoms. The summed E-state index contributed by atoms with van der Waals surface area (Å²) in [6.07, 6.45) is 0.579. The molecule has 0 aliphatic carbocycles. The third kappa shape index (κ3) is 4.00. The maximum atomic E-state index is 12.6. The monoisotopic (exact) mass is 377 g/mol. The standard InChI is InChI=1S/C15H23N3O4S.ClH/c1-10(2)12(16)7-8-17(3)23(20,21)11-5-6-13-14(9-11)22-15(19)18(13)4;/h5-6,9-10,12H,7-8,16H2,1-4H3;1H. The van der Waals surface area contributed by atoms with E-state index in [0.29, 0.717) is 24.4 Å². The minimum absolute atomic E-state index is 0. The number of aryl methyl sites for hydroxylation is 1. The highest BCUT2D eigenvalue weighted by atomic mass is 35.5. The Labute approximate surface area is 147 Å². The number of aromatic nitrogens is 1. The van der Waals surface area contributed by atoms with Gasteiger partial charge in [0, 0.05) is 32.7 Å². The molecule has 0 aliphatic heterocycles. The summed E-state index contributed by atoms with van der Waals surface area (Å²) in [4.78, 5) is 11.6. The Morgan fingerprint density at radius 2 is 1.96 bits per heavy atom. The van der Waals surface area contributed by atoms with Crippen LogP contribution in [0.5, 0.6) is 0 Å². The minimum atomic E-state index is -3.65. The smallest absolute Gasteiger partial charge is 0.408 e. The fourth-order valence-corrected chi connectivity index (χ4v) is 3.44.